The highest BCUT2D eigenvalue weighted by molar-refractivity contribution is 7.89. The van der Waals surface area contributed by atoms with Crippen LogP contribution >= 0.6 is 0 Å². The van der Waals surface area contributed by atoms with E-state index in [-0.39, 0.29) is 47.5 Å². The summed E-state index contributed by atoms with van der Waals surface area (Å²) in [6.45, 7) is 5.71. The van der Waals surface area contributed by atoms with Gasteiger partial charge in [0, 0.05) is 38.1 Å². The third kappa shape index (κ3) is 5.58. The lowest BCUT2D eigenvalue weighted by atomic mass is 10.2. The molecule has 0 aliphatic carbocycles. The number of halogens is 1. The van der Waals surface area contributed by atoms with Gasteiger partial charge in [0.15, 0.2) is 23.5 Å². The summed E-state index contributed by atoms with van der Waals surface area (Å²) < 4.78 is 55.4. The van der Waals surface area contributed by atoms with Gasteiger partial charge in [-0.3, -0.25) is 9.59 Å². The van der Waals surface area contributed by atoms with Crippen LogP contribution in [0.4, 0.5) is 10.1 Å². The van der Waals surface area contributed by atoms with Gasteiger partial charge in [-0.05, 0) is 50.5 Å². The van der Waals surface area contributed by atoms with Crippen molar-refractivity contribution in [2.75, 3.05) is 25.0 Å². The van der Waals surface area contributed by atoms with Crippen molar-refractivity contribution in [2.45, 2.75) is 44.6 Å². The van der Waals surface area contributed by atoms with Crippen LogP contribution in [0.3, 0.4) is 0 Å². The molecule has 3 aromatic rings. The van der Waals surface area contributed by atoms with Gasteiger partial charge in [-0.25, -0.2) is 22.5 Å². The summed E-state index contributed by atoms with van der Waals surface area (Å²) in [5.41, 5.74) is 0.906. The number of anilines is 1. The van der Waals surface area contributed by atoms with E-state index in [1.54, 1.807) is 13.8 Å². The molecule has 204 valence electrons. The van der Waals surface area contributed by atoms with E-state index in [0.29, 0.717) is 30.0 Å². The second kappa shape index (κ2) is 11.0. The number of nitrogens with zero attached hydrogens (tertiary/aromatic N) is 3. The van der Waals surface area contributed by atoms with E-state index in [1.807, 2.05) is 6.92 Å². The topological polar surface area (TPSA) is 136 Å². The van der Waals surface area contributed by atoms with E-state index in [1.165, 1.54) is 47.3 Å². The lowest BCUT2D eigenvalue weighted by molar-refractivity contribution is 0.0728. The summed E-state index contributed by atoms with van der Waals surface area (Å²) >= 11 is 0. The van der Waals surface area contributed by atoms with Gasteiger partial charge >= 0.3 is 0 Å². The summed E-state index contributed by atoms with van der Waals surface area (Å²) in [5, 5.41) is 2.67. The Kier molecular flexibility index (Phi) is 7.88. The molecule has 1 aliphatic rings. The number of carbonyl (C=O) groups is 2. The van der Waals surface area contributed by atoms with Crippen molar-refractivity contribution in [2.24, 2.45) is 7.05 Å². The Balaban J connectivity index is 1.57. The van der Waals surface area contributed by atoms with E-state index in [4.69, 9.17) is 9.15 Å². The van der Waals surface area contributed by atoms with Crippen molar-refractivity contribution in [1.82, 2.24) is 19.2 Å². The fourth-order valence-corrected chi connectivity index (χ4v) is 5.78. The minimum atomic E-state index is -4.12. The number of amides is 2. The number of carbonyl (C=O) groups excluding carboxylic acids is 2. The summed E-state index contributed by atoms with van der Waals surface area (Å²) in [6, 6.07) is 3.49. The van der Waals surface area contributed by atoms with Crippen LogP contribution in [-0.4, -0.2) is 60.4 Å². The van der Waals surface area contributed by atoms with Gasteiger partial charge in [-0.2, -0.15) is 0 Å². The summed E-state index contributed by atoms with van der Waals surface area (Å²) in [6.07, 6.45) is 3.41. The molecule has 2 aromatic heterocycles. The van der Waals surface area contributed by atoms with Crippen LogP contribution in [0.2, 0.25) is 0 Å². The molecule has 2 amide bonds. The molecular formula is C25H30FN5O6S. The molecule has 38 heavy (non-hydrogen) atoms. The molecule has 1 aliphatic heterocycles. The van der Waals surface area contributed by atoms with Crippen LogP contribution in [0.5, 0.6) is 5.75 Å². The number of hydrogen-bond donors (Lipinski definition) is 2. The average molecular weight is 548 g/mol. The minimum Gasteiger partial charge on any atom is -0.490 e. The Morgan fingerprint density at radius 2 is 2.08 bits per heavy atom. The number of nitrogens with one attached hydrogen (secondary N) is 2. The fourth-order valence-electron chi connectivity index (χ4n) is 4.33. The third-order valence-corrected chi connectivity index (χ3v) is 7.74. The van der Waals surface area contributed by atoms with E-state index in [0.717, 1.165) is 0 Å². The highest BCUT2D eigenvalue weighted by Gasteiger charge is 2.34. The second-order valence-electron chi connectivity index (χ2n) is 9.16. The quantitative estimate of drug-likeness (QED) is 0.464. The second-order valence-corrected chi connectivity index (χ2v) is 10.8. The number of fused-ring (bicyclic) bond motifs is 1. The Hall–Kier alpha value is -3.71. The molecule has 0 spiro atoms. The van der Waals surface area contributed by atoms with E-state index < -0.39 is 27.8 Å². The maximum Gasteiger partial charge on any atom is 0.276 e. The summed E-state index contributed by atoms with van der Waals surface area (Å²) in [4.78, 5) is 31.5. The standard InChI is InChI=1S/C25H30FN5O6S/c1-5-9-31(25(33)21-16(3)37-14-27-21)12-18-8-10-36-23-20(38(34,35)29-18)13-30(4)22(23)24(32)28-17-6-7-19(26)15(2)11-17/h6-7,11,13-14,18,29H,5,8-10,12H2,1-4H3,(H,28,32). The highest BCUT2D eigenvalue weighted by Crippen LogP contribution is 2.32. The monoisotopic (exact) mass is 547 g/mol. The summed E-state index contributed by atoms with van der Waals surface area (Å²) in [5.74, 6) is -1.05. The largest absolute Gasteiger partial charge is 0.490 e. The predicted molar refractivity (Wildman–Crippen MR) is 136 cm³/mol. The summed E-state index contributed by atoms with van der Waals surface area (Å²) in [7, 11) is -2.58. The van der Waals surface area contributed by atoms with E-state index >= 15 is 0 Å². The number of sulfonamides is 1. The van der Waals surface area contributed by atoms with Crippen molar-refractivity contribution < 1.29 is 31.6 Å². The Labute approximate surface area is 220 Å². The molecular weight excluding hydrogens is 517 g/mol. The molecule has 1 atom stereocenters. The van der Waals surface area contributed by atoms with Gasteiger partial charge in [0.1, 0.15) is 16.5 Å². The molecule has 1 aromatic carbocycles. The van der Waals surface area contributed by atoms with Crippen LogP contribution in [-0.2, 0) is 17.1 Å². The zero-order valence-corrected chi connectivity index (χ0v) is 22.4. The smallest absolute Gasteiger partial charge is 0.276 e. The first-order chi connectivity index (χ1) is 18.0. The van der Waals surface area contributed by atoms with Crippen molar-refractivity contribution in [1.29, 1.82) is 0 Å². The molecule has 11 nitrogen and oxygen atoms in total. The molecule has 0 saturated heterocycles. The Morgan fingerprint density at radius 1 is 1.32 bits per heavy atom. The minimum absolute atomic E-state index is 0.00935. The SMILES string of the molecule is CCCN(CC1CCOc2c(cn(C)c2C(=O)Nc2ccc(F)c(C)c2)S(=O)(=O)N1)C(=O)c1ncoc1C. The first-order valence-corrected chi connectivity index (χ1v) is 13.6. The Morgan fingerprint density at radius 3 is 2.74 bits per heavy atom. The maximum atomic E-state index is 13.6. The number of oxazole rings is 1. The highest BCUT2D eigenvalue weighted by atomic mass is 32.2. The zero-order chi connectivity index (χ0) is 27.6. The van der Waals surface area contributed by atoms with Gasteiger partial charge < -0.3 is 23.9 Å². The van der Waals surface area contributed by atoms with E-state index in [2.05, 4.69) is 15.0 Å². The number of rotatable bonds is 7. The van der Waals surface area contributed by atoms with Crippen molar-refractivity contribution in [3.8, 4) is 5.75 Å². The van der Waals surface area contributed by atoms with E-state index in [9.17, 15) is 22.4 Å². The third-order valence-electron chi connectivity index (χ3n) is 6.23. The van der Waals surface area contributed by atoms with Crippen molar-refractivity contribution in [3.63, 3.8) is 0 Å². The Bertz CT molecular complexity index is 1460. The lowest BCUT2D eigenvalue weighted by Crippen LogP contribution is -2.47. The van der Waals surface area contributed by atoms with Crippen LogP contribution in [0.15, 0.2) is 40.1 Å². The molecule has 3 heterocycles. The molecule has 0 saturated carbocycles. The average Bonchev–Trinajstić information content (AvgIpc) is 3.42. The number of ether oxygens (including phenoxy) is 1. The normalized spacial score (nSPS) is 16.6. The van der Waals surface area contributed by atoms with Crippen LogP contribution in [0, 0.1) is 19.7 Å². The molecule has 0 radical (unpaired) electrons. The maximum absolute atomic E-state index is 13.6. The predicted octanol–water partition coefficient (Wildman–Crippen LogP) is 3.00. The molecule has 2 N–H and O–H groups in total. The molecule has 0 bridgehead atoms. The van der Waals surface area contributed by atoms with Crippen LogP contribution in [0.25, 0.3) is 0 Å². The fraction of sp³-hybridized carbons (Fsp3) is 0.400. The zero-order valence-electron chi connectivity index (χ0n) is 21.6. The first-order valence-electron chi connectivity index (χ1n) is 12.1. The van der Waals surface area contributed by atoms with Gasteiger partial charge in [0.25, 0.3) is 11.8 Å². The number of aryl methyl sites for hydroxylation is 3. The first kappa shape index (κ1) is 27.3. The van der Waals surface area contributed by atoms with Gasteiger partial charge in [-0.1, -0.05) is 6.92 Å². The molecule has 0 fully saturated rings. The number of aromatic nitrogens is 2. The van der Waals surface area contributed by atoms with Gasteiger partial charge in [0.2, 0.25) is 10.0 Å². The number of benzene rings is 1. The molecule has 1 unspecified atom stereocenters. The van der Waals surface area contributed by atoms with Crippen molar-refractivity contribution >= 4 is 27.5 Å². The van der Waals surface area contributed by atoms with Crippen molar-refractivity contribution in [3.05, 3.63) is 59.3 Å². The van der Waals surface area contributed by atoms with Crippen LogP contribution < -0.4 is 14.8 Å². The lowest BCUT2D eigenvalue weighted by Gasteiger charge is -2.29. The van der Waals surface area contributed by atoms with Gasteiger partial charge in [-0.15, -0.1) is 0 Å². The molecule has 4 rings (SSSR count). The van der Waals surface area contributed by atoms with Crippen LogP contribution in [0.1, 0.15) is 52.1 Å². The molecule has 13 heteroatoms. The van der Waals surface area contributed by atoms with Gasteiger partial charge in [0.05, 0.1) is 6.61 Å². The number of hydrogen-bond acceptors (Lipinski definition) is 7.